The normalized spacial score (nSPS) is 16.0. The molecule has 1 aromatic heterocycles. The molecule has 128 valence electrons. The van der Waals surface area contributed by atoms with Crippen molar-refractivity contribution >= 4 is 28.8 Å². The minimum absolute atomic E-state index is 0.0119. The van der Waals surface area contributed by atoms with E-state index in [-0.39, 0.29) is 18.6 Å². The van der Waals surface area contributed by atoms with E-state index in [1.54, 1.807) is 35.6 Å². The third-order valence-corrected chi connectivity index (χ3v) is 5.14. The number of carbonyl (C=O) groups excluding carboxylic acids is 1. The van der Waals surface area contributed by atoms with Crippen molar-refractivity contribution in [1.29, 1.82) is 0 Å². The van der Waals surface area contributed by atoms with Crippen LogP contribution in [0, 0.1) is 0 Å². The van der Waals surface area contributed by atoms with Gasteiger partial charge in [0.25, 0.3) is 5.91 Å². The summed E-state index contributed by atoms with van der Waals surface area (Å²) in [6.07, 6.45) is 2.46. The van der Waals surface area contributed by atoms with Gasteiger partial charge in [0.2, 0.25) is 0 Å². The minimum atomic E-state index is -0.107. The summed E-state index contributed by atoms with van der Waals surface area (Å²) in [5.41, 5.74) is 1.28. The molecule has 24 heavy (non-hydrogen) atoms. The molecule has 0 radical (unpaired) electrons. The van der Waals surface area contributed by atoms with Crippen LogP contribution in [0.15, 0.2) is 41.1 Å². The predicted molar refractivity (Wildman–Crippen MR) is 97.8 cm³/mol. The second-order valence-electron chi connectivity index (χ2n) is 5.86. The number of nitrogens with zero attached hydrogens (tertiary/aromatic N) is 1. The third kappa shape index (κ3) is 4.72. The van der Waals surface area contributed by atoms with E-state index in [4.69, 9.17) is 16.3 Å². The van der Waals surface area contributed by atoms with Crippen LogP contribution in [0.3, 0.4) is 0 Å². The van der Waals surface area contributed by atoms with Crippen molar-refractivity contribution in [1.82, 2.24) is 10.2 Å². The molecule has 1 atom stereocenters. The fraction of sp³-hybridized carbons (Fsp3) is 0.389. The highest BCUT2D eigenvalue weighted by molar-refractivity contribution is 7.07. The molecule has 1 aliphatic rings. The number of carbonyl (C=O) groups is 1. The number of halogens is 1. The number of hydrogen-bond acceptors (Lipinski definition) is 4. The third-order valence-electron chi connectivity index (χ3n) is 4.19. The molecule has 1 aliphatic heterocycles. The average molecular weight is 365 g/mol. The van der Waals surface area contributed by atoms with Crippen LogP contribution in [0.4, 0.5) is 0 Å². The standard InChI is InChI=1S/C18H21ClN2O2S/c19-15-3-5-16(6-4-15)23-12-18(22)20-11-17(14-7-10-24-13-14)21-8-1-2-9-21/h3-7,10,13,17H,1-2,8-9,11-12H2,(H,20,22)/t17-/m1/s1. The van der Waals surface area contributed by atoms with Crippen LogP contribution < -0.4 is 10.1 Å². The summed E-state index contributed by atoms with van der Waals surface area (Å²) in [7, 11) is 0. The Morgan fingerprint density at radius 2 is 2.00 bits per heavy atom. The lowest BCUT2D eigenvalue weighted by atomic mass is 10.1. The molecule has 3 rings (SSSR count). The van der Waals surface area contributed by atoms with Gasteiger partial charge in [-0.05, 0) is 72.6 Å². The smallest absolute Gasteiger partial charge is 0.258 e. The number of benzene rings is 1. The van der Waals surface area contributed by atoms with Gasteiger partial charge in [-0.25, -0.2) is 0 Å². The lowest BCUT2D eigenvalue weighted by Crippen LogP contribution is -2.38. The zero-order valence-corrected chi connectivity index (χ0v) is 15.0. The van der Waals surface area contributed by atoms with E-state index in [0.717, 1.165) is 13.1 Å². The van der Waals surface area contributed by atoms with Crippen LogP contribution in [0.25, 0.3) is 0 Å². The first-order valence-corrected chi connectivity index (χ1v) is 9.45. The van der Waals surface area contributed by atoms with E-state index in [1.807, 2.05) is 0 Å². The van der Waals surface area contributed by atoms with Gasteiger partial charge in [0.15, 0.2) is 6.61 Å². The van der Waals surface area contributed by atoms with Gasteiger partial charge in [0, 0.05) is 11.6 Å². The largest absolute Gasteiger partial charge is 0.484 e. The summed E-state index contributed by atoms with van der Waals surface area (Å²) < 4.78 is 5.49. The van der Waals surface area contributed by atoms with Crippen molar-refractivity contribution in [3.63, 3.8) is 0 Å². The summed E-state index contributed by atoms with van der Waals surface area (Å²) in [4.78, 5) is 14.5. The molecule has 0 spiro atoms. The summed E-state index contributed by atoms with van der Waals surface area (Å²) >= 11 is 7.53. The van der Waals surface area contributed by atoms with Gasteiger partial charge >= 0.3 is 0 Å². The predicted octanol–water partition coefficient (Wildman–Crippen LogP) is 3.73. The van der Waals surface area contributed by atoms with Crippen LogP contribution in [0.1, 0.15) is 24.4 Å². The van der Waals surface area contributed by atoms with Gasteiger partial charge in [-0.3, -0.25) is 9.69 Å². The Bertz CT molecular complexity index is 640. The summed E-state index contributed by atoms with van der Waals surface area (Å²) in [6, 6.07) is 9.40. The van der Waals surface area contributed by atoms with Crippen molar-refractivity contribution < 1.29 is 9.53 Å². The molecule has 0 aliphatic carbocycles. The maximum atomic E-state index is 12.1. The lowest BCUT2D eigenvalue weighted by molar-refractivity contribution is -0.123. The Balaban J connectivity index is 1.50. The molecule has 1 amide bonds. The van der Waals surface area contributed by atoms with Crippen LogP contribution in [0.2, 0.25) is 5.02 Å². The fourth-order valence-corrected chi connectivity index (χ4v) is 3.75. The Morgan fingerprint density at radius 1 is 1.25 bits per heavy atom. The highest BCUT2D eigenvalue weighted by atomic mass is 35.5. The molecule has 0 bridgehead atoms. The quantitative estimate of drug-likeness (QED) is 0.813. The van der Waals surface area contributed by atoms with E-state index in [2.05, 4.69) is 27.0 Å². The van der Waals surface area contributed by atoms with Crippen molar-refractivity contribution in [2.24, 2.45) is 0 Å². The summed E-state index contributed by atoms with van der Waals surface area (Å²) in [5.74, 6) is 0.535. The molecular weight excluding hydrogens is 344 g/mol. The SMILES string of the molecule is O=C(COc1ccc(Cl)cc1)NC[C@H](c1ccsc1)N1CCCC1. The zero-order chi connectivity index (χ0) is 16.8. The second-order valence-corrected chi connectivity index (χ2v) is 7.08. The van der Waals surface area contributed by atoms with Gasteiger partial charge in [-0.2, -0.15) is 11.3 Å². The highest BCUT2D eigenvalue weighted by Crippen LogP contribution is 2.26. The molecule has 0 saturated carbocycles. The molecule has 2 heterocycles. The maximum Gasteiger partial charge on any atom is 0.258 e. The van der Waals surface area contributed by atoms with Gasteiger partial charge in [0.1, 0.15) is 5.75 Å². The van der Waals surface area contributed by atoms with Crippen LogP contribution in [-0.4, -0.2) is 37.0 Å². The van der Waals surface area contributed by atoms with Gasteiger partial charge in [-0.15, -0.1) is 0 Å². The fourth-order valence-electron chi connectivity index (χ4n) is 2.92. The maximum absolute atomic E-state index is 12.1. The monoisotopic (exact) mass is 364 g/mol. The molecule has 1 aromatic carbocycles. The number of thiophene rings is 1. The van der Waals surface area contributed by atoms with Crippen LogP contribution in [-0.2, 0) is 4.79 Å². The first-order valence-electron chi connectivity index (χ1n) is 8.13. The van der Waals surface area contributed by atoms with Gasteiger partial charge < -0.3 is 10.1 Å². The number of ether oxygens (including phenoxy) is 1. The van der Waals surface area contributed by atoms with E-state index in [9.17, 15) is 4.79 Å². The van der Waals surface area contributed by atoms with Crippen molar-refractivity contribution in [2.45, 2.75) is 18.9 Å². The molecule has 4 nitrogen and oxygen atoms in total. The highest BCUT2D eigenvalue weighted by Gasteiger charge is 2.24. The number of hydrogen-bond donors (Lipinski definition) is 1. The number of nitrogens with one attached hydrogen (secondary N) is 1. The first kappa shape index (κ1) is 17.3. The molecule has 1 fully saturated rings. The molecule has 2 aromatic rings. The number of rotatable bonds is 7. The molecule has 0 unspecified atom stereocenters. The average Bonchev–Trinajstić information content (AvgIpc) is 3.29. The molecule has 6 heteroatoms. The van der Waals surface area contributed by atoms with E-state index < -0.39 is 0 Å². The minimum Gasteiger partial charge on any atom is -0.484 e. The Hall–Kier alpha value is -1.56. The second kappa shape index (κ2) is 8.51. The van der Waals surface area contributed by atoms with Gasteiger partial charge in [0.05, 0.1) is 6.04 Å². The number of amides is 1. The lowest BCUT2D eigenvalue weighted by Gasteiger charge is -2.27. The number of likely N-dealkylation sites (tertiary alicyclic amines) is 1. The van der Waals surface area contributed by atoms with E-state index >= 15 is 0 Å². The summed E-state index contributed by atoms with van der Waals surface area (Å²) in [5, 5.41) is 7.90. The van der Waals surface area contributed by atoms with E-state index in [1.165, 1.54) is 18.4 Å². The molecule has 1 N–H and O–H groups in total. The van der Waals surface area contributed by atoms with Crippen LogP contribution in [0.5, 0.6) is 5.75 Å². The Morgan fingerprint density at radius 3 is 2.67 bits per heavy atom. The van der Waals surface area contributed by atoms with Gasteiger partial charge in [-0.1, -0.05) is 11.6 Å². The van der Waals surface area contributed by atoms with Crippen LogP contribution >= 0.6 is 22.9 Å². The zero-order valence-electron chi connectivity index (χ0n) is 13.4. The van der Waals surface area contributed by atoms with Crippen molar-refractivity contribution in [3.05, 3.63) is 51.7 Å². The first-order chi connectivity index (χ1) is 11.7. The molecule has 1 saturated heterocycles. The Kier molecular flexibility index (Phi) is 6.12. The molecular formula is C18H21ClN2O2S. The Labute approximate surface area is 151 Å². The van der Waals surface area contributed by atoms with Crippen molar-refractivity contribution in [2.75, 3.05) is 26.2 Å². The van der Waals surface area contributed by atoms with Crippen molar-refractivity contribution in [3.8, 4) is 5.75 Å². The van der Waals surface area contributed by atoms with E-state index in [0.29, 0.717) is 17.3 Å². The summed E-state index contributed by atoms with van der Waals surface area (Å²) in [6.45, 7) is 2.81. The topological polar surface area (TPSA) is 41.6 Å².